The fraction of sp³-hybridized carbons (Fsp3) is 0.250. The Morgan fingerprint density at radius 3 is 2.58 bits per heavy atom. The summed E-state index contributed by atoms with van der Waals surface area (Å²) in [6.07, 6.45) is 2.92. The van der Waals surface area contributed by atoms with Crippen LogP contribution in [0.1, 0.15) is 21.5 Å². The lowest BCUT2D eigenvalue weighted by molar-refractivity contribution is -0.385. The third-order valence-corrected chi connectivity index (χ3v) is 5.78. The SMILES string of the molecule is COc1cc(C(=O)NCCn2ncc3c(=O)n(Cc4ccccc4C)cnc32)c([N+](=O)[O-])cc1OC. The topological polar surface area (TPSA) is 143 Å². The molecule has 2 aromatic heterocycles. The van der Waals surface area contributed by atoms with Crippen LogP contribution in [0, 0.1) is 17.0 Å². The van der Waals surface area contributed by atoms with Crippen LogP contribution < -0.4 is 20.3 Å². The smallest absolute Gasteiger partial charge is 0.286 e. The minimum atomic E-state index is -0.663. The van der Waals surface area contributed by atoms with Crippen molar-refractivity contribution in [3.8, 4) is 11.5 Å². The molecule has 1 amide bonds. The molecule has 0 saturated heterocycles. The predicted molar refractivity (Wildman–Crippen MR) is 131 cm³/mol. The number of carbonyl (C=O) groups excluding carboxylic acids is 1. The van der Waals surface area contributed by atoms with Gasteiger partial charge in [0.05, 0.1) is 44.5 Å². The molecule has 2 aromatic carbocycles. The van der Waals surface area contributed by atoms with E-state index in [-0.39, 0.29) is 35.7 Å². The second kappa shape index (κ2) is 10.3. The van der Waals surface area contributed by atoms with Crippen LogP contribution in [0.15, 0.2) is 53.7 Å². The van der Waals surface area contributed by atoms with Gasteiger partial charge in [0.15, 0.2) is 17.1 Å². The Balaban J connectivity index is 1.49. The molecular formula is C24H24N6O6. The van der Waals surface area contributed by atoms with Crippen LogP contribution in [-0.2, 0) is 13.1 Å². The number of nitrogens with one attached hydrogen (secondary N) is 1. The summed E-state index contributed by atoms with van der Waals surface area (Å²) in [6, 6.07) is 10.2. The standard InChI is InChI=1S/C24H24N6O6/c1-15-6-4-5-7-16(15)13-28-14-26-22-18(24(28)32)12-27-29(22)9-8-25-23(31)17-10-20(35-2)21(36-3)11-19(17)30(33)34/h4-7,10-12,14H,8-9,13H2,1-3H3,(H,25,31). The Kier molecular flexibility index (Phi) is 6.95. The number of benzene rings is 2. The van der Waals surface area contributed by atoms with Gasteiger partial charge in [-0.2, -0.15) is 5.10 Å². The molecule has 0 unspecified atom stereocenters. The average molecular weight is 492 g/mol. The highest BCUT2D eigenvalue weighted by atomic mass is 16.6. The van der Waals surface area contributed by atoms with Gasteiger partial charge in [-0.15, -0.1) is 0 Å². The fourth-order valence-corrected chi connectivity index (χ4v) is 3.82. The molecule has 0 bridgehead atoms. The molecule has 0 spiro atoms. The maximum Gasteiger partial charge on any atom is 0.286 e. The van der Waals surface area contributed by atoms with Gasteiger partial charge in [0.1, 0.15) is 17.3 Å². The third-order valence-electron chi connectivity index (χ3n) is 5.78. The maximum absolute atomic E-state index is 13.0. The summed E-state index contributed by atoms with van der Waals surface area (Å²) in [5.74, 6) is -0.326. The first-order chi connectivity index (χ1) is 17.3. The first-order valence-corrected chi connectivity index (χ1v) is 11.0. The van der Waals surface area contributed by atoms with Gasteiger partial charge in [0, 0.05) is 12.6 Å². The number of hydrogen-bond donors (Lipinski definition) is 1. The van der Waals surface area contributed by atoms with Gasteiger partial charge in [-0.05, 0) is 18.1 Å². The summed E-state index contributed by atoms with van der Waals surface area (Å²) in [6.45, 7) is 2.66. The zero-order valence-electron chi connectivity index (χ0n) is 19.9. The summed E-state index contributed by atoms with van der Waals surface area (Å²) in [5, 5.41) is 18.7. The molecule has 0 radical (unpaired) electrons. The van der Waals surface area contributed by atoms with Gasteiger partial charge in [-0.1, -0.05) is 24.3 Å². The van der Waals surface area contributed by atoms with E-state index in [9.17, 15) is 19.7 Å². The van der Waals surface area contributed by atoms with Crippen molar-refractivity contribution in [2.45, 2.75) is 20.0 Å². The fourth-order valence-electron chi connectivity index (χ4n) is 3.82. The van der Waals surface area contributed by atoms with E-state index in [2.05, 4.69) is 15.4 Å². The lowest BCUT2D eigenvalue weighted by Gasteiger charge is -2.11. The van der Waals surface area contributed by atoms with Gasteiger partial charge >= 0.3 is 0 Å². The van der Waals surface area contributed by atoms with Crippen molar-refractivity contribution >= 4 is 22.6 Å². The molecule has 36 heavy (non-hydrogen) atoms. The lowest BCUT2D eigenvalue weighted by Crippen LogP contribution is -2.28. The van der Waals surface area contributed by atoms with E-state index in [1.54, 1.807) is 0 Å². The molecule has 2 heterocycles. The molecule has 4 rings (SSSR count). The zero-order valence-corrected chi connectivity index (χ0v) is 19.9. The Bertz CT molecular complexity index is 1510. The van der Waals surface area contributed by atoms with E-state index in [1.807, 2.05) is 31.2 Å². The molecule has 0 atom stereocenters. The molecule has 12 heteroatoms. The first-order valence-electron chi connectivity index (χ1n) is 11.0. The number of amides is 1. The Hall–Kier alpha value is -4.74. The van der Waals surface area contributed by atoms with Crippen molar-refractivity contribution in [3.05, 3.63) is 86.1 Å². The van der Waals surface area contributed by atoms with Gasteiger partial charge in [0.25, 0.3) is 17.2 Å². The summed E-state index contributed by atoms with van der Waals surface area (Å²) in [7, 11) is 2.72. The number of aromatic nitrogens is 4. The highest BCUT2D eigenvalue weighted by molar-refractivity contribution is 5.99. The maximum atomic E-state index is 13.0. The van der Waals surface area contributed by atoms with E-state index in [0.29, 0.717) is 17.6 Å². The van der Waals surface area contributed by atoms with Crippen LogP contribution >= 0.6 is 0 Å². The monoisotopic (exact) mass is 492 g/mol. The zero-order chi connectivity index (χ0) is 25.8. The Morgan fingerprint density at radius 1 is 1.17 bits per heavy atom. The van der Waals surface area contributed by atoms with Crippen LogP contribution in [0.25, 0.3) is 11.0 Å². The van der Waals surface area contributed by atoms with Crippen molar-refractivity contribution in [3.63, 3.8) is 0 Å². The molecule has 0 aliphatic heterocycles. The van der Waals surface area contributed by atoms with Crippen molar-refractivity contribution in [1.29, 1.82) is 0 Å². The van der Waals surface area contributed by atoms with E-state index >= 15 is 0 Å². The molecule has 186 valence electrons. The number of hydrogen-bond acceptors (Lipinski definition) is 8. The number of fused-ring (bicyclic) bond motifs is 1. The van der Waals surface area contributed by atoms with Crippen LogP contribution in [0.5, 0.6) is 11.5 Å². The number of nitro benzene ring substituents is 1. The van der Waals surface area contributed by atoms with Gasteiger partial charge < -0.3 is 14.8 Å². The van der Waals surface area contributed by atoms with Crippen molar-refractivity contribution in [1.82, 2.24) is 24.6 Å². The quantitative estimate of drug-likeness (QED) is 0.277. The number of aryl methyl sites for hydroxylation is 1. The lowest BCUT2D eigenvalue weighted by atomic mass is 10.1. The molecule has 0 aliphatic carbocycles. The number of carbonyl (C=O) groups is 1. The number of nitrogens with zero attached hydrogens (tertiary/aromatic N) is 5. The predicted octanol–water partition coefficient (Wildman–Crippen LogP) is 2.31. The number of rotatable bonds is 9. The van der Waals surface area contributed by atoms with Crippen molar-refractivity contribution in [2.24, 2.45) is 0 Å². The first kappa shape index (κ1) is 24.4. The molecule has 0 fully saturated rings. The summed E-state index contributed by atoms with van der Waals surface area (Å²) >= 11 is 0. The summed E-state index contributed by atoms with van der Waals surface area (Å²) < 4.78 is 13.3. The average Bonchev–Trinajstić information content (AvgIpc) is 3.29. The van der Waals surface area contributed by atoms with E-state index in [4.69, 9.17) is 9.47 Å². The van der Waals surface area contributed by atoms with Gasteiger partial charge in [-0.25, -0.2) is 9.67 Å². The minimum Gasteiger partial charge on any atom is -0.493 e. The molecule has 0 saturated carbocycles. The van der Waals surface area contributed by atoms with Crippen molar-refractivity contribution in [2.75, 3.05) is 20.8 Å². The van der Waals surface area contributed by atoms with Crippen molar-refractivity contribution < 1.29 is 19.2 Å². The van der Waals surface area contributed by atoms with E-state index < -0.39 is 16.5 Å². The molecule has 12 nitrogen and oxygen atoms in total. The molecular weight excluding hydrogens is 468 g/mol. The highest BCUT2D eigenvalue weighted by Crippen LogP contribution is 2.34. The van der Waals surface area contributed by atoms with E-state index in [0.717, 1.165) is 17.2 Å². The summed E-state index contributed by atoms with van der Waals surface area (Å²) in [4.78, 5) is 40.9. The molecule has 1 N–H and O–H groups in total. The highest BCUT2D eigenvalue weighted by Gasteiger charge is 2.24. The Labute approximate surface area is 205 Å². The van der Waals surface area contributed by atoms with Crippen LogP contribution in [0.4, 0.5) is 5.69 Å². The Morgan fingerprint density at radius 2 is 1.89 bits per heavy atom. The normalized spacial score (nSPS) is 10.9. The largest absolute Gasteiger partial charge is 0.493 e. The van der Waals surface area contributed by atoms with Gasteiger partial charge in [-0.3, -0.25) is 24.3 Å². The second-order valence-electron chi connectivity index (χ2n) is 7.95. The second-order valence-corrected chi connectivity index (χ2v) is 7.95. The van der Waals surface area contributed by atoms with Crippen LogP contribution in [0.3, 0.4) is 0 Å². The molecule has 0 aliphatic rings. The van der Waals surface area contributed by atoms with E-state index in [1.165, 1.54) is 42.1 Å². The number of methoxy groups -OCH3 is 2. The number of nitro groups is 1. The molecule has 4 aromatic rings. The van der Waals surface area contributed by atoms with Crippen LogP contribution in [0.2, 0.25) is 0 Å². The summed E-state index contributed by atoms with van der Waals surface area (Å²) in [5.41, 5.74) is 1.67. The third kappa shape index (κ3) is 4.73. The van der Waals surface area contributed by atoms with Gasteiger partial charge in [0.2, 0.25) is 0 Å². The number of ether oxygens (including phenoxy) is 2. The minimum absolute atomic E-state index is 0.0923. The van der Waals surface area contributed by atoms with Crippen LogP contribution in [-0.4, -0.2) is 50.9 Å².